The Labute approximate surface area is 114 Å². The average molecular weight is 248 g/mol. The molecule has 0 aliphatic heterocycles. The zero-order valence-electron chi connectivity index (χ0n) is 10.7. The van der Waals surface area contributed by atoms with E-state index in [0.717, 1.165) is 18.7 Å². The highest BCUT2D eigenvalue weighted by Crippen LogP contribution is 2.04. The molecule has 0 radical (unpaired) electrons. The van der Waals surface area contributed by atoms with E-state index in [1.165, 1.54) is 5.56 Å². The smallest absolute Gasteiger partial charge is 0.0991 e. The molecule has 0 atom stereocenters. The zero-order valence-corrected chi connectivity index (χ0v) is 10.7. The Bertz CT molecular complexity index is 580. The fourth-order valence-electron chi connectivity index (χ4n) is 1.81. The zero-order chi connectivity index (χ0) is 13.3. The molecule has 0 heterocycles. The van der Waals surface area contributed by atoms with Crippen LogP contribution in [0.2, 0.25) is 0 Å². The molecule has 2 heteroatoms. The van der Waals surface area contributed by atoms with Crippen molar-refractivity contribution in [3.8, 4) is 6.07 Å². The average Bonchev–Trinajstić information content (AvgIpc) is 2.48. The minimum Gasteiger partial charge on any atom is -0.309 e. The molecule has 0 amide bonds. The Balaban J connectivity index is 1.78. The predicted octanol–water partition coefficient (Wildman–Crippen LogP) is 3.36. The Hall–Kier alpha value is -2.37. The number of nitrogens with zero attached hydrogens (tertiary/aromatic N) is 1. The highest BCUT2D eigenvalue weighted by atomic mass is 14.8. The molecule has 0 unspecified atom stereocenters. The molecule has 0 aromatic heterocycles. The van der Waals surface area contributed by atoms with Crippen LogP contribution in [0, 0.1) is 11.3 Å². The Morgan fingerprint density at radius 2 is 1.89 bits per heavy atom. The summed E-state index contributed by atoms with van der Waals surface area (Å²) in [6, 6.07) is 20.0. The normalized spacial score (nSPS) is 10.5. The minimum atomic E-state index is 0.708. The summed E-state index contributed by atoms with van der Waals surface area (Å²) >= 11 is 0. The largest absolute Gasteiger partial charge is 0.309 e. The topological polar surface area (TPSA) is 35.8 Å². The van der Waals surface area contributed by atoms with Gasteiger partial charge in [0.15, 0.2) is 0 Å². The SMILES string of the molecule is N#Cc1cccc(CNC/C=C/c2ccccc2)c1. The van der Waals surface area contributed by atoms with Gasteiger partial charge in [0, 0.05) is 13.1 Å². The molecule has 2 aromatic carbocycles. The highest BCUT2D eigenvalue weighted by Gasteiger charge is 1.93. The van der Waals surface area contributed by atoms with Crippen LogP contribution in [0.25, 0.3) is 6.08 Å². The van der Waals surface area contributed by atoms with Crippen LogP contribution in [-0.2, 0) is 6.54 Å². The quantitative estimate of drug-likeness (QED) is 0.823. The van der Waals surface area contributed by atoms with Gasteiger partial charge < -0.3 is 5.32 Å². The van der Waals surface area contributed by atoms with E-state index in [4.69, 9.17) is 5.26 Å². The second kappa shape index (κ2) is 7.15. The number of rotatable bonds is 5. The summed E-state index contributed by atoms with van der Waals surface area (Å²) in [5, 5.41) is 12.1. The van der Waals surface area contributed by atoms with E-state index in [1.54, 1.807) is 0 Å². The first kappa shape index (κ1) is 13.1. The van der Waals surface area contributed by atoms with Gasteiger partial charge in [-0.25, -0.2) is 0 Å². The third-order valence-corrected chi connectivity index (χ3v) is 2.76. The fourth-order valence-corrected chi connectivity index (χ4v) is 1.81. The lowest BCUT2D eigenvalue weighted by Crippen LogP contribution is -2.12. The van der Waals surface area contributed by atoms with E-state index in [-0.39, 0.29) is 0 Å². The molecule has 94 valence electrons. The summed E-state index contributed by atoms with van der Waals surface area (Å²) in [7, 11) is 0. The molecular formula is C17H16N2. The first-order chi connectivity index (χ1) is 9.38. The maximum absolute atomic E-state index is 8.82. The minimum absolute atomic E-state index is 0.708. The number of benzene rings is 2. The van der Waals surface area contributed by atoms with Crippen molar-refractivity contribution in [2.45, 2.75) is 6.54 Å². The van der Waals surface area contributed by atoms with Crippen LogP contribution in [0.3, 0.4) is 0 Å². The Morgan fingerprint density at radius 1 is 1.05 bits per heavy atom. The van der Waals surface area contributed by atoms with E-state index in [2.05, 4.69) is 35.7 Å². The molecule has 0 saturated carbocycles. The van der Waals surface area contributed by atoms with Crippen molar-refractivity contribution in [1.82, 2.24) is 5.32 Å². The van der Waals surface area contributed by atoms with E-state index >= 15 is 0 Å². The van der Waals surface area contributed by atoms with Gasteiger partial charge in [-0.15, -0.1) is 0 Å². The lowest BCUT2D eigenvalue weighted by atomic mass is 10.1. The first-order valence-corrected chi connectivity index (χ1v) is 6.30. The summed E-state index contributed by atoms with van der Waals surface area (Å²) in [5.74, 6) is 0. The van der Waals surface area contributed by atoms with E-state index in [9.17, 15) is 0 Å². The van der Waals surface area contributed by atoms with E-state index in [1.807, 2.05) is 42.5 Å². The summed E-state index contributed by atoms with van der Waals surface area (Å²) in [6.45, 7) is 1.58. The van der Waals surface area contributed by atoms with Gasteiger partial charge in [-0.3, -0.25) is 0 Å². The summed E-state index contributed by atoms with van der Waals surface area (Å²) in [5.41, 5.74) is 3.04. The van der Waals surface area contributed by atoms with Crippen LogP contribution in [-0.4, -0.2) is 6.54 Å². The van der Waals surface area contributed by atoms with Crippen molar-refractivity contribution in [3.63, 3.8) is 0 Å². The monoisotopic (exact) mass is 248 g/mol. The van der Waals surface area contributed by atoms with Gasteiger partial charge in [0.2, 0.25) is 0 Å². The maximum atomic E-state index is 8.82. The van der Waals surface area contributed by atoms with E-state index in [0.29, 0.717) is 5.56 Å². The third kappa shape index (κ3) is 4.42. The van der Waals surface area contributed by atoms with Gasteiger partial charge in [-0.1, -0.05) is 54.6 Å². The highest BCUT2D eigenvalue weighted by molar-refractivity contribution is 5.48. The first-order valence-electron chi connectivity index (χ1n) is 6.30. The van der Waals surface area contributed by atoms with E-state index < -0.39 is 0 Å². The van der Waals surface area contributed by atoms with Gasteiger partial charge in [0.05, 0.1) is 11.6 Å². The number of nitrogens with one attached hydrogen (secondary N) is 1. The van der Waals surface area contributed by atoms with Crippen LogP contribution >= 0.6 is 0 Å². The molecule has 19 heavy (non-hydrogen) atoms. The van der Waals surface area contributed by atoms with Crippen LogP contribution in [0.5, 0.6) is 0 Å². The van der Waals surface area contributed by atoms with Crippen LogP contribution in [0.4, 0.5) is 0 Å². The number of hydrogen-bond donors (Lipinski definition) is 1. The summed E-state index contributed by atoms with van der Waals surface area (Å²) in [4.78, 5) is 0. The maximum Gasteiger partial charge on any atom is 0.0991 e. The van der Waals surface area contributed by atoms with Crippen molar-refractivity contribution in [2.24, 2.45) is 0 Å². The Morgan fingerprint density at radius 3 is 2.68 bits per heavy atom. The van der Waals surface area contributed by atoms with Crippen molar-refractivity contribution in [2.75, 3.05) is 6.54 Å². The van der Waals surface area contributed by atoms with Crippen molar-refractivity contribution >= 4 is 6.08 Å². The fraction of sp³-hybridized carbons (Fsp3) is 0.118. The van der Waals surface area contributed by atoms with Gasteiger partial charge in [0.1, 0.15) is 0 Å². The van der Waals surface area contributed by atoms with Crippen LogP contribution in [0.15, 0.2) is 60.7 Å². The molecule has 2 rings (SSSR count). The van der Waals surface area contributed by atoms with Gasteiger partial charge in [0.25, 0.3) is 0 Å². The summed E-state index contributed by atoms with van der Waals surface area (Å²) < 4.78 is 0. The molecule has 0 spiro atoms. The molecule has 1 N–H and O–H groups in total. The second-order valence-electron chi connectivity index (χ2n) is 4.26. The standard InChI is InChI=1S/C17H16N2/c18-13-16-8-4-9-17(12-16)14-19-11-5-10-15-6-2-1-3-7-15/h1-10,12,19H,11,14H2/b10-5+. The molecule has 0 saturated heterocycles. The summed E-state index contributed by atoms with van der Waals surface area (Å²) in [6.07, 6.45) is 4.20. The Kier molecular flexibility index (Phi) is 4.92. The molecular weight excluding hydrogens is 232 g/mol. The molecule has 0 aliphatic rings. The van der Waals surface area contributed by atoms with Gasteiger partial charge >= 0.3 is 0 Å². The van der Waals surface area contributed by atoms with Crippen molar-refractivity contribution in [3.05, 3.63) is 77.4 Å². The van der Waals surface area contributed by atoms with Crippen LogP contribution < -0.4 is 5.32 Å². The van der Waals surface area contributed by atoms with Gasteiger partial charge in [-0.05, 0) is 23.3 Å². The molecule has 0 aliphatic carbocycles. The predicted molar refractivity (Wildman–Crippen MR) is 78.3 cm³/mol. The molecule has 2 nitrogen and oxygen atoms in total. The van der Waals surface area contributed by atoms with Crippen molar-refractivity contribution in [1.29, 1.82) is 5.26 Å². The molecule has 0 bridgehead atoms. The molecule has 2 aromatic rings. The second-order valence-corrected chi connectivity index (χ2v) is 4.26. The number of hydrogen-bond acceptors (Lipinski definition) is 2. The lowest BCUT2D eigenvalue weighted by molar-refractivity contribution is 0.761. The lowest BCUT2D eigenvalue weighted by Gasteiger charge is -2.02. The van der Waals surface area contributed by atoms with Crippen LogP contribution in [0.1, 0.15) is 16.7 Å². The molecule has 0 fully saturated rings. The van der Waals surface area contributed by atoms with Crippen molar-refractivity contribution < 1.29 is 0 Å². The third-order valence-electron chi connectivity index (χ3n) is 2.76. The van der Waals surface area contributed by atoms with Gasteiger partial charge in [-0.2, -0.15) is 5.26 Å². The number of nitriles is 1.